The van der Waals surface area contributed by atoms with Gasteiger partial charge in [-0.25, -0.2) is 4.79 Å². The van der Waals surface area contributed by atoms with Gasteiger partial charge in [-0.1, -0.05) is 26.0 Å². The fourth-order valence-electron chi connectivity index (χ4n) is 4.08. The van der Waals surface area contributed by atoms with E-state index in [1.54, 1.807) is 0 Å². The summed E-state index contributed by atoms with van der Waals surface area (Å²) in [5.41, 5.74) is 2.05. The Morgan fingerprint density at radius 1 is 1.27 bits per heavy atom. The van der Waals surface area contributed by atoms with Crippen LogP contribution in [-0.4, -0.2) is 38.8 Å². The number of aromatic nitrogens is 3. The standard InChI is InChI=1S/C20H27N5O/c1-3-20(2)10-6-11-24(14-20)19(26)21-16-8-4-7-15(13-16)18-23-22-17-9-5-12-25(17)18/h4,7-8,13H,3,5-6,9-12,14H2,1-2H3,(H,21,26)/t20-/m0/s1. The average Bonchev–Trinajstić information content (AvgIpc) is 3.25. The van der Waals surface area contributed by atoms with Gasteiger partial charge in [0.15, 0.2) is 5.82 Å². The van der Waals surface area contributed by atoms with Gasteiger partial charge in [-0.3, -0.25) is 0 Å². The van der Waals surface area contributed by atoms with Gasteiger partial charge >= 0.3 is 6.03 Å². The third kappa shape index (κ3) is 3.20. The Morgan fingerprint density at radius 3 is 3.00 bits per heavy atom. The van der Waals surface area contributed by atoms with Crippen LogP contribution in [0, 0.1) is 5.41 Å². The van der Waals surface area contributed by atoms with E-state index in [0.29, 0.717) is 0 Å². The van der Waals surface area contributed by atoms with Gasteiger partial charge in [0.25, 0.3) is 0 Å². The maximum atomic E-state index is 12.7. The molecule has 3 heterocycles. The Kier molecular flexibility index (Phi) is 4.42. The lowest BCUT2D eigenvalue weighted by atomic mass is 9.80. The number of carbonyl (C=O) groups excluding carboxylic acids is 1. The first-order valence-corrected chi connectivity index (χ1v) is 9.66. The minimum atomic E-state index is -0.00648. The van der Waals surface area contributed by atoms with Crippen LogP contribution in [0.25, 0.3) is 11.4 Å². The number of carbonyl (C=O) groups is 1. The summed E-state index contributed by atoms with van der Waals surface area (Å²) in [5, 5.41) is 11.7. The Balaban J connectivity index is 1.49. The molecule has 4 rings (SSSR count). The molecular weight excluding hydrogens is 326 g/mol. The number of urea groups is 1. The third-order valence-corrected chi connectivity index (χ3v) is 5.90. The minimum absolute atomic E-state index is 0.00648. The van der Waals surface area contributed by atoms with E-state index < -0.39 is 0 Å². The number of piperidine rings is 1. The van der Waals surface area contributed by atoms with Crippen molar-refractivity contribution < 1.29 is 4.79 Å². The first-order chi connectivity index (χ1) is 12.6. The predicted octanol–water partition coefficient (Wildman–Crippen LogP) is 3.94. The van der Waals surface area contributed by atoms with E-state index in [9.17, 15) is 4.79 Å². The number of likely N-dealkylation sites (tertiary alicyclic amines) is 1. The molecule has 2 aliphatic rings. The van der Waals surface area contributed by atoms with E-state index in [1.807, 2.05) is 29.2 Å². The second-order valence-electron chi connectivity index (χ2n) is 7.90. The van der Waals surface area contributed by atoms with Gasteiger partial charge in [0, 0.05) is 37.3 Å². The molecule has 138 valence electrons. The topological polar surface area (TPSA) is 63.1 Å². The van der Waals surface area contributed by atoms with E-state index in [1.165, 1.54) is 6.42 Å². The molecule has 2 aliphatic heterocycles. The lowest BCUT2D eigenvalue weighted by Gasteiger charge is -2.39. The summed E-state index contributed by atoms with van der Waals surface area (Å²) >= 11 is 0. The second-order valence-corrected chi connectivity index (χ2v) is 7.90. The highest BCUT2D eigenvalue weighted by Crippen LogP contribution is 2.33. The van der Waals surface area contributed by atoms with Crippen LogP contribution in [0.3, 0.4) is 0 Å². The van der Waals surface area contributed by atoms with Crippen molar-refractivity contribution in [3.8, 4) is 11.4 Å². The van der Waals surface area contributed by atoms with Crippen LogP contribution in [0.15, 0.2) is 24.3 Å². The summed E-state index contributed by atoms with van der Waals surface area (Å²) in [6.45, 7) is 7.12. The van der Waals surface area contributed by atoms with Crippen LogP contribution >= 0.6 is 0 Å². The van der Waals surface area contributed by atoms with Crippen molar-refractivity contribution in [2.24, 2.45) is 5.41 Å². The fourth-order valence-corrected chi connectivity index (χ4v) is 4.08. The monoisotopic (exact) mass is 353 g/mol. The number of aryl methyl sites for hydroxylation is 1. The summed E-state index contributed by atoms with van der Waals surface area (Å²) in [6, 6.07) is 7.92. The number of amides is 2. The van der Waals surface area contributed by atoms with Crippen LogP contribution in [0.5, 0.6) is 0 Å². The van der Waals surface area contributed by atoms with Gasteiger partial charge in [0.2, 0.25) is 0 Å². The number of nitrogens with zero attached hydrogens (tertiary/aromatic N) is 4. The molecule has 1 aromatic heterocycles. The maximum Gasteiger partial charge on any atom is 0.321 e. The molecule has 0 unspecified atom stereocenters. The van der Waals surface area contributed by atoms with Gasteiger partial charge in [-0.15, -0.1) is 10.2 Å². The zero-order valence-electron chi connectivity index (χ0n) is 15.7. The molecule has 1 N–H and O–H groups in total. The third-order valence-electron chi connectivity index (χ3n) is 5.90. The van der Waals surface area contributed by atoms with E-state index in [0.717, 1.165) is 68.2 Å². The molecule has 6 heteroatoms. The second kappa shape index (κ2) is 6.74. The molecule has 6 nitrogen and oxygen atoms in total. The van der Waals surface area contributed by atoms with Gasteiger partial charge in [0.1, 0.15) is 5.82 Å². The molecule has 1 saturated heterocycles. The molecule has 0 radical (unpaired) electrons. The van der Waals surface area contributed by atoms with Crippen molar-refractivity contribution in [1.29, 1.82) is 0 Å². The van der Waals surface area contributed by atoms with Crippen LogP contribution in [0.1, 0.15) is 45.4 Å². The zero-order chi connectivity index (χ0) is 18.1. The highest BCUT2D eigenvalue weighted by Gasteiger charge is 2.31. The van der Waals surface area contributed by atoms with E-state index in [2.05, 4.69) is 33.9 Å². The first kappa shape index (κ1) is 17.1. The number of anilines is 1. The predicted molar refractivity (Wildman–Crippen MR) is 102 cm³/mol. The summed E-state index contributed by atoms with van der Waals surface area (Å²) in [7, 11) is 0. The van der Waals surface area contributed by atoms with Gasteiger partial charge < -0.3 is 14.8 Å². The number of fused-ring (bicyclic) bond motifs is 1. The summed E-state index contributed by atoms with van der Waals surface area (Å²) < 4.78 is 2.18. The van der Waals surface area contributed by atoms with E-state index >= 15 is 0 Å². The molecule has 0 spiro atoms. The molecule has 0 saturated carbocycles. The van der Waals surface area contributed by atoms with E-state index in [4.69, 9.17) is 0 Å². The Labute approximate surface area is 154 Å². The maximum absolute atomic E-state index is 12.7. The largest absolute Gasteiger partial charge is 0.324 e. The summed E-state index contributed by atoms with van der Waals surface area (Å²) in [6.07, 6.45) is 5.49. The number of benzene rings is 1. The number of hydrogen-bond donors (Lipinski definition) is 1. The SMILES string of the molecule is CC[C@@]1(C)CCCN(C(=O)Nc2cccc(-c3nnc4n3CCC4)c2)C1. The van der Waals surface area contributed by atoms with Gasteiger partial charge in [0.05, 0.1) is 0 Å². The Bertz CT molecular complexity index is 814. The zero-order valence-corrected chi connectivity index (χ0v) is 15.7. The van der Waals surface area contributed by atoms with Crippen molar-refractivity contribution in [3.63, 3.8) is 0 Å². The Hall–Kier alpha value is -2.37. The summed E-state index contributed by atoms with van der Waals surface area (Å²) in [5.74, 6) is 1.95. The van der Waals surface area contributed by atoms with Crippen LogP contribution in [0.2, 0.25) is 0 Å². The van der Waals surface area contributed by atoms with Crippen molar-refractivity contribution >= 4 is 11.7 Å². The molecule has 0 aliphatic carbocycles. The van der Waals surface area contributed by atoms with Crippen molar-refractivity contribution in [2.45, 2.75) is 52.5 Å². The molecule has 2 aromatic rings. The molecule has 1 atom stereocenters. The van der Waals surface area contributed by atoms with Crippen molar-refractivity contribution in [2.75, 3.05) is 18.4 Å². The van der Waals surface area contributed by atoms with Crippen molar-refractivity contribution in [3.05, 3.63) is 30.1 Å². The van der Waals surface area contributed by atoms with Crippen molar-refractivity contribution in [1.82, 2.24) is 19.7 Å². The molecule has 26 heavy (non-hydrogen) atoms. The number of rotatable bonds is 3. The molecule has 1 fully saturated rings. The quantitative estimate of drug-likeness (QED) is 0.909. The highest BCUT2D eigenvalue weighted by molar-refractivity contribution is 5.90. The number of hydrogen-bond acceptors (Lipinski definition) is 3. The molecular formula is C20H27N5O. The fraction of sp³-hybridized carbons (Fsp3) is 0.550. The Morgan fingerprint density at radius 2 is 2.15 bits per heavy atom. The average molecular weight is 353 g/mol. The number of nitrogens with one attached hydrogen (secondary N) is 1. The lowest BCUT2D eigenvalue weighted by Crippen LogP contribution is -2.46. The lowest BCUT2D eigenvalue weighted by molar-refractivity contribution is 0.122. The molecule has 1 aromatic carbocycles. The van der Waals surface area contributed by atoms with Crippen LogP contribution in [-0.2, 0) is 13.0 Å². The highest BCUT2D eigenvalue weighted by atomic mass is 16.2. The summed E-state index contributed by atoms with van der Waals surface area (Å²) in [4.78, 5) is 14.7. The molecule has 0 bridgehead atoms. The van der Waals surface area contributed by atoms with Gasteiger partial charge in [-0.2, -0.15) is 0 Å². The van der Waals surface area contributed by atoms with Crippen LogP contribution in [0.4, 0.5) is 10.5 Å². The smallest absolute Gasteiger partial charge is 0.321 e. The van der Waals surface area contributed by atoms with E-state index in [-0.39, 0.29) is 11.4 Å². The van der Waals surface area contributed by atoms with Gasteiger partial charge in [-0.05, 0) is 43.2 Å². The normalized spacial score (nSPS) is 22.3. The van der Waals surface area contributed by atoms with Crippen LogP contribution < -0.4 is 5.32 Å². The molecule has 2 amide bonds. The first-order valence-electron chi connectivity index (χ1n) is 9.66. The minimum Gasteiger partial charge on any atom is -0.324 e.